The van der Waals surface area contributed by atoms with Gasteiger partial charge in [0.1, 0.15) is 0 Å². The average Bonchev–Trinajstić information content (AvgIpc) is 2.31. The molecule has 0 aliphatic heterocycles. The van der Waals surface area contributed by atoms with Gasteiger partial charge in [0.05, 0.1) is 13.2 Å². The molecule has 0 aromatic heterocycles. The Morgan fingerprint density at radius 2 is 1.12 bits per heavy atom. The first kappa shape index (κ1) is 16.3. The van der Waals surface area contributed by atoms with Gasteiger partial charge in [-0.2, -0.15) is 0 Å². The summed E-state index contributed by atoms with van der Waals surface area (Å²) < 4.78 is 10.6. The third-order valence-electron chi connectivity index (χ3n) is 3.15. The summed E-state index contributed by atoms with van der Waals surface area (Å²) in [6, 6.07) is 0. The van der Waals surface area contributed by atoms with Gasteiger partial charge in [0.2, 0.25) is 0 Å². The number of hydrogen-bond acceptors (Lipinski definition) is 3. The molecule has 0 saturated carbocycles. The van der Waals surface area contributed by atoms with Gasteiger partial charge in [-0.25, -0.2) is 0 Å². The molecular formula is C12H27O3P. The summed E-state index contributed by atoms with van der Waals surface area (Å²) in [4.78, 5) is 9.55. The summed E-state index contributed by atoms with van der Waals surface area (Å²) in [6.07, 6.45) is 4.36. The van der Waals surface area contributed by atoms with E-state index in [-0.39, 0.29) is 0 Å². The minimum Gasteiger partial charge on any atom is -0.328 e. The van der Waals surface area contributed by atoms with Crippen LogP contribution in [0.1, 0.15) is 53.4 Å². The minimum atomic E-state index is -1.67. The molecule has 0 rings (SSSR count). The lowest BCUT2D eigenvalue weighted by Gasteiger charge is -2.18. The maximum absolute atomic E-state index is 9.55. The molecule has 0 aliphatic carbocycles. The smallest absolute Gasteiger partial charge is 0.328 e. The molecule has 0 spiro atoms. The van der Waals surface area contributed by atoms with E-state index in [1.165, 1.54) is 0 Å². The van der Waals surface area contributed by atoms with Gasteiger partial charge in [0.25, 0.3) is 0 Å². The summed E-state index contributed by atoms with van der Waals surface area (Å²) in [7, 11) is -1.67. The Labute approximate surface area is 102 Å². The molecule has 0 radical (unpaired) electrons. The lowest BCUT2D eigenvalue weighted by molar-refractivity contribution is 0.152. The first-order valence-electron chi connectivity index (χ1n) is 6.42. The molecule has 0 aromatic rings. The van der Waals surface area contributed by atoms with Crippen LogP contribution in [0, 0.1) is 11.8 Å². The zero-order valence-electron chi connectivity index (χ0n) is 11.1. The highest BCUT2D eigenvalue weighted by Gasteiger charge is 2.13. The molecule has 3 nitrogen and oxygen atoms in total. The second-order valence-electron chi connectivity index (χ2n) is 4.19. The van der Waals surface area contributed by atoms with Crippen molar-refractivity contribution in [3.63, 3.8) is 0 Å². The van der Waals surface area contributed by atoms with Crippen molar-refractivity contribution in [3.8, 4) is 0 Å². The van der Waals surface area contributed by atoms with Crippen molar-refractivity contribution in [1.29, 1.82) is 0 Å². The van der Waals surface area contributed by atoms with Crippen molar-refractivity contribution in [2.75, 3.05) is 13.2 Å². The summed E-state index contributed by atoms with van der Waals surface area (Å²) in [5.74, 6) is 1.07. The Hall–Kier alpha value is 0.310. The monoisotopic (exact) mass is 250 g/mol. The van der Waals surface area contributed by atoms with E-state index >= 15 is 0 Å². The van der Waals surface area contributed by atoms with Gasteiger partial charge in [0, 0.05) is 0 Å². The van der Waals surface area contributed by atoms with Crippen molar-refractivity contribution in [1.82, 2.24) is 0 Å². The highest BCUT2D eigenvalue weighted by Crippen LogP contribution is 2.35. The zero-order valence-corrected chi connectivity index (χ0v) is 12.0. The van der Waals surface area contributed by atoms with Gasteiger partial charge < -0.3 is 13.9 Å². The average molecular weight is 250 g/mol. The first-order valence-corrected chi connectivity index (χ1v) is 7.55. The Balaban J connectivity index is 3.61. The highest BCUT2D eigenvalue weighted by atomic mass is 31.2. The molecule has 98 valence electrons. The van der Waals surface area contributed by atoms with Crippen molar-refractivity contribution >= 4 is 8.60 Å². The highest BCUT2D eigenvalue weighted by molar-refractivity contribution is 7.40. The van der Waals surface area contributed by atoms with Crippen molar-refractivity contribution in [2.45, 2.75) is 53.4 Å². The van der Waals surface area contributed by atoms with E-state index in [2.05, 4.69) is 27.7 Å². The van der Waals surface area contributed by atoms with Crippen LogP contribution < -0.4 is 0 Å². The second kappa shape index (κ2) is 10.5. The molecule has 0 aliphatic rings. The quantitative estimate of drug-likeness (QED) is 0.593. The van der Waals surface area contributed by atoms with Gasteiger partial charge in [-0.15, -0.1) is 0 Å². The van der Waals surface area contributed by atoms with E-state index in [1.807, 2.05) is 0 Å². The molecule has 0 saturated heterocycles. The van der Waals surface area contributed by atoms with Crippen LogP contribution in [0.5, 0.6) is 0 Å². The van der Waals surface area contributed by atoms with Gasteiger partial charge >= 0.3 is 8.60 Å². The Bertz CT molecular complexity index is 131. The zero-order chi connectivity index (χ0) is 12.4. The summed E-state index contributed by atoms with van der Waals surface area (Å²) >= 11 is 0. The fourth-order valence-corrected chi connectivity index (χ4v) is 2.18. The molecule has 0 aromatic carbocycles. The molecule has 0 amide bonds. The topological polar surface area (TPSA) is 38.7 Å². The maximum Gasteiger partial charge on any atom is 0.329 e. The molecule has 1 N–H and O–H groups in total. The lowest BCUT2D eigenvalue weighted by atomic mass is 10.1. The fraction of sp³-hybridized carbons (Fsp3) is 1.00. The maximum atomic E-state index is 9.55. The minimum absolute atomic E-state index is 0.536. The molecule has 4 heteroatoms. The molecular weight excluding hydrogens is 223 g/mol. The SMILES string of the molecule is CCC(CC)COP(O)OCC(CC)CC. The molecule has 0 bridgehead atoms. The second-order valence-corrected chi connectivity index (χ2v) is 5.19. The van der Waals surface area contributed by atoms with Crippen molar-refractivity contribution in [3.05, 3.63) is 0 Å². The third-order valence-corrected chi connectivity index (χ3v) is 3.89. The predicted octanol–water partition coefficient (Wildman–Crippen LogP) is 4.11. The van der Waals surface area contributed by atoms with E-state index in [0.29, 0.717) is 25.0 Å². The lowest BCUT2D eigenvalue weighted by Crippen LogP contribution is -2.09. The number of hydrogen-bond donors (Lipinski definition) is 1. The molecule has 0 fully saturated rings. The first-order chi connectivity index (χ1) is 7.67. The van der Waals surface area contributed by atoms with E-state index in [9.17, 15) is 4.89 Å². The Morgan fingerprint density at radius 3 is 1.38 bits per heavy atom. The van der Waals surface area contributed by atoms with E-state index in [1.54, 1.807) is 0 Å². The number of rotatable bonds is 10. The van der Waals surface area contributed by atoms with Gasteiger partial charge in [0.15, 0.2) is 0 Å². The predicted molar refractivity (Wildman–Crippen MR) is 69.2 cm³/mol. The summed E-state index contributed by atoms with van der Waals surface area (Å²) in [5.41, 5.74) is 0. The van der Waals surface area contributed by atoms with Crippen LogP contribution in [0.25, 0.3) is 0 Å². The van der Waals surface area contributed by atoms with Crippen molar-refractivity contribution < 1.29 is 13.9 Å². The molecule has 0 unspecified atom stereocenters. The summed E-state index contributed by atoms with van der Waals surface area (Å²) in [6.45, 7) is 9.78. The fourth-order valence-electron chi connectivity index (χ4n) is 1.42. The van der Waals surface area contributed by atoms with Crippen LogP contribution in [0.3, 0.4) is 0 Å². The Kier molecular flexibility index (Phi) is 10.7. The normalized spacial score (nSPS) is 12.0. The van der Waals surface area contributed by atoms with Crippen molar-refractivity contribution in [2.24, 2.45) is 11.8 Å². The molecule has 0 heterocycles. The van der Waals surface area contributed by atoms with Crippen LogP contribution >= 0.6 is 8.60 Å². The Morgan fingerprint density at radius 1 is 0.812 bits per heavy atom. The summed E-state index contributed by atoms with van der Waals surface area (Å²) in [5, 5.41) is 0. The van der Waals surface area contributed by atoms with E-state index in [0.717, 1.165) is 25.7 Å². The molecule has 16 heavy (non-hydrogen) atoms. The standard InChI is InChI=1S/C12H27O3P/c1-5-11(6-2)9-14-16(13)15-10-12(7-3)8-4/h11-13H,5-10H2,1-4H3. The van der Waals surface area contributed by atoms with Gasteiger partial charge in [-0.3, -0.25) is 0 Å². The van der Waals surface area contributed by atoms with Crippen LogP contribution in [0.15, 0.2) is 0 Å². The van der Waals surface area contributed by atoms with Gasteiger partial charge in [-0.05, 0) is 11.8 Å². The van der Waals surface area contributed by atoms with Crippen LogP contribution in [0.2, 0.25) is 0 Å². The van der Waals surface area contributed by atoms with E-state index in [4.69, 9.17) is 9.05 Å². The molecule has 0 atom stereocenters. The third kappa shape index (κ3) is 7.56. The van der Waals surface area contributed by atoms with Crippen LogP contribution in [-0.4, -0.2) is 18.1 Å². The van der Waals surface area contributed by atoms with Gasteiger partial charge in [-0.1, -0.05) is 53.4 Å². The largest absolute Gasteiger partial charge is 0.329 e. The van der Waals surface area contributed by atoms with Crippen LogP contribution in [0.4, 0.5) is 0 Å². The van der Waals surface area contributed by atoms with E-state index < -0.39 is 8.60 Å². The van der Waals surface area contributed by atoms with Crippen LogP contribution in [-0.2, 0) is 9.05 Å².